The van der Waals surface area contributed by atoms with Crippen LogP contribution in [0.3, 0.4) is 0 Å². The van der Waals surface area contributed by atoms with Crippen molar-refractivity contribution in [2.45, 2.75) is 19.0 Å². The average Bonchev–Trinajstić information content (AvgIpc) is 3.56. The first-order valence-electron chi connectivity index (χ1n) is 10.6. The molecule has 32 heavy (non-hydrogen) atoms. The fourth-order valence-corrected chi connectivity index (χ4v) is 3.44. The van der Waals surface area contributed by atoms with Gasteiger partial charge in [-0.15, -0.1) is 0 Å². The Labute approximate surface area is 206 Å². The molecule has 2 aromatic rings. The molecule has 10 radical (unpaired) electrons. The van der Waals surface area contributed by atoms with E-state index in [2.05, 4.69) is 48.6 Å². The van der Waals surface area contributed by atoms with E-state index in [1.807, 2.05) is 93.5 Å². The van der Waals surface area contributed by atoms with E-state index in [-0.39, 0.29) is 35.8 Å². The summed E-state index contributed by atoms with van der Waals surface area (Å²) >= 11 is 0. The van der Waals surface area contributed by atoms with E-state index in [1.165, 1.54) is 5.92 Å². The minimum absolute atomic E-state index is 0. The van der Waals surface area contributed by atoms with E-state index >= 15 is 0 Å². The molecule has 0 bridgehead atoms. The van der Waals surface area contributed by atoms with Crippen molar-refractivity contribution in [2.75, 3.05) is 13.2 Å². The maximum Gasteiger partial charge on any atom is 2.00 e. The SMILES string of the molecule is C[C@H](C#Cc1ccccc1)N(C[C]1[CH][CH][CH][CH]1)[C@@H](CO)c1ccccc1.[CH]1[CH][CH][CH][CH]1.[Fe+2]. The van der Waals surface area contributed by atoms with E-state index in [4.69, 9.17) is 0 Å². The summed E-state index contributed by atoms with van der Waals surface area (Å²) in [6.07, 6.45) is 18.3. The van der Waals surface area contributed by atoms with Crippen LogP contribution in [-0.4, -0.2) is 29.2 Å². The predicted molar refractivity (Wildman–Crippen MR) is 128 cm³/mol. The third kappa shape index (κ3) is 8.76. The van der Waals surface area contributed by atoms with Crippen LogP contribution in [0.25, 0.3) is 0 Å². The minimum Gasteiger partial charge on any atom is -0.394 e. The normalized spacial score (nSPS) is 17.5. The largest absolute Gasteiger partial charge is 2.00 e. The first-order valence-corrected chi connectivity index (χ1v) is 10.6. The zero-order valence-electron chi connectivity index (χ0n) is 18.3. The zero-order chi connectivity index (χ0) is 21.7. The van der Waals surface area contributed by atoms with Crippen LogP contribution in [-0.2, 0) is 17.1 Å². The second-order valence-corrected chi connectivity index (χ2v) is 7.35. The fourth-order valence-electron chi connectivity index (χ4n) is 3.44. The standard InChI is InChI=1S/C24H24NO.C5H5.Fe/c1-20(16-17-21-10-4-2-5-11-21)25(18-22-12-8-9-13-22)24(19-26)23-14-6-3-7-15-23;1-2-4-5-3-1;/h2-15,20,24,26H,18-19H2,1H3;1-5H;/q;;+2/t20-,24+;;/m1../s1. The number of hydrogen-bond donors (Lipinski definition) is 1. The number of hydrogen-bond acceptors (Lipinski definition) is 2. The van der Waals surface area contributed by atoms with Gasteiger partial charge >= 0.3 is 17.1 Å². The third-order valence-corrected chi connectivity index (χ3v) is 5.11. The van der Waals surface area contributed by atoms with Gasteiger partial charge in [0, 0.05) is 12.1 Å². The zero-order valence-corrected chi connectivity index (χ0v) is 19.4. The van der Waals surface area contributed by atoms with Crippen molar-refractivity contribution in [3.05, 3.63) is 135 Å². The Morgan fingerprint density at radius 2 is 1.31 bits per heavy atom. The summed E-state index contributed by atoms with van der Waals surface area (Å²) in [5.41, 5.74) is 2.11. The molecule has 2 aliphatic carbocycles. The van der Waals surface area contributed by atoms with Gasteiger partial charge in [0.1, 0.15) is 0 Å². The quantitative estimate of drug-likeness (QED) is 0.488. The van der Waals surface area contributed by atoms with Crippen molar-refractivity contribution < 1.29 is 22.2 Å². The van der Waals surface area contributed by atoms with Crippen molar-refractivity contribution in [1.82, 2.24) is 4.90 Å². The van der Waals surface area contributed by atoms with Crippen molar-refractivity contribution in [3.63, 3.8) is 0 Å². The molecule has 4 rings (SSSR count). The maximum atomic E-state index is 10.1. The molecule has 2 aliphatic rings. The maximum absolute atomic E-state index is 10.1. The molecular formula is C29H29FeNO+2. The van der Waals surface area contributed by atoms with Gasteiger partial charge in [0.05, 0.1) is 18.7 Å². The molecule has 0 aliphatic heterocycles. The Bertz CT molecular complexity index is 781. The molecular weight excluding hydrogens is 434 g/mol. The topological polar surface area (TPSA) is 23.5 Å². The number of benzene rings is 2. The van der Waals surface area contributed by atoms with Gasteiger partial charge in [-0.1, -0.05) is 60.4 Å². The van der Waals surface area contributed by atoms with Crippen LogP contribution in [0.4, 0.5) is 0 Å². The van der Waals surface area contributed by atoms with E-state index in [1.54, 1.807) is 0 Å². The Balaban J connectivity index is 0.000000534. The van der Waals surface area contributed by atoms with Gasteiger partial charge in [0.25, 0.3) is 0 Å². The first kappa shape index (κ1) is 26.7. The molecule has 0 heterocycles. The van der Waals surface area contributed by atoms with Gasteiger partial charge < -0.3 is 5.11 Å². The summed E-state index contributed by atoms with van der Waals surface area (Å²) in [6, 6.07) is 20.1. The minimum atomic E-state index is -0.0915. The van der Waals surface area contributed by atoms with Crippen LogP contribution >= 0.6 is 0 Å². The van der Waals surface area contributed by atoms with Crippen molar-refractivity contribution >= 4 is 0 Å². The van der Waals surface area contributed by atoms with E-state index in [0.29, 0.717) is 0 Å². The second-order valence-electron chi connectivity index (χ2n) is 7.35. The summed E-state index contributed by atoms with van der Waals surface area (Å²) in [7, 11) is 0. The van der Waals surface area contributed by atoms with Crippen LogP contribution in [0.15, 0.2) is 60.7 Å². The summed E-state index contributed by atoms with van der Waals surface area (Å²) in [4.78, 5) is 2.26. The van der Waals surface area contributed by atoms with Crippen molar-refractivity contribution in [1.29, 1.82) is 0 Å². The van der Waals surface area contributed by atoms with Crippen molar-refractivity contribution in [2.24, 2.45) is 0 Å². The average molecular weight is 463 g/mol. The Hall–Kier alpha value is -1.56. The van der Waals surface area contributed by atoms with Crippen molar-refractivity contribution in [3.8, 4) is 11.8 Å². The molecule has 2 aromatic carbocycles. The molecule has 0 spiro atoms. The van der Waals surface area contributed by atoms with Crippen LogP contribution < -0.4 is 0 Å². The summed E-state index contributed by atoms with van der Waals surface area (Å²) < 4.78 is 0. The Morgan fingerprint density at radius 3 is 1.84 bits per heavy atom. The third-order valence-electron chi connectivity index (χ3n) is 5.11. The molecule has 0 saturated heterocycles. The van der Waals surface area contributed by atoms with Gasteiger partial charge in [0.2, 0.25) is 0 Å². The molecule has 1 N–H and O–H groups in total. The summed E-state index contributed by atoms with van der Waals surface area (Å²) in [5, 5.41) is 10.1. The molecule has 0 amide bonds. The fraction of sp³-hybridized carbons (Fsp3) is 0.172. The van der Waals surface area contributed by atoms with Gasteiger partial charge in [-0.2, -0.15) is 0 Å². The van der Waals surface area contributed by atoms with Crippen LogP contribution in [0.1, 0.15) is 24.1 Å². The van der Waals surface area contributed by atoms with Gasteiger partial charge in [-0.05, 0) is 88.3 Å². The molecule has 0 unspecified atom stereocenters. The molecule has 2 atom stereocenters. The van der Waals surface area contributed by atoms with Gasteiger partial charge in [-0.3, -0.25) is 4.90 Å². The molecule has 0 aromatic heterocycles. The van der Waals surface area contributed by atoms with Crippen LogP contribution in [0.5, 0.6) is 0 Å². The van der Waals surface area contributed by atoms with Crippen LogP contribution in [0.2, 0.25) is 0 Å². The monoisotopic (exact) mass is 463 g/mol. The summed E-state index contributed by atoms with van der Waals surface area (Å²) in [6.45, 7) is 2.91. The van der Waals surface area contributed by atoms with Crippen LogP contribution in [0, 0.1) is 75.5 Å². The molecule has 2 fully saturated rings. The van der Waals surface area contributed by atoms with Gasteiger partial charge in [0.15, 0.2) is 0 Å². The van der Waals surface area contributed by atoms with E-state index < -0.39 is 0 Å². The number of aliphatic hydroxyl groups is 1. The molecule has 3 heteroatoms. The molecule has 2 saturated carbocycles. The smallest absolute Gasteiger partial charge is 0.394 e. The molecule has 162 valence electrons. The first-order chi connectivity index (χ1) is 15.3. The van der Waals surface area contributed by atoms with Gasteiger partial charge in [-0.25, -0.2) is 0 Å². The summed E-state index contributed by atoms with van der Waals surface area (Å²) in [5.74, 6) is 7.85. The second kappa shape index (κ2) is 15.3. The number of nitrogens with zero attached hydrogens (tertiary/aromatic N) is 1. The van der Waals surface area contributed by atoms with E-state index in [9.17, 15) is 5.11 Å². The predicted octanol–water partition coefficient (Wildman–Crippen LogP) is 4.89. The Kier molecular flexibility index (Phi) is 12.8. The number of rotatable bonds is 6. The van der Waals surface area contributed by atoms with E-state index in [0.717, 1.165) is 17.7 Å². The molecule has 2 nitrogen and oxygen atoms in total. The number of aliphatic hydroxyl groups excluding tert-OH is 1. The Morgan fingerprint density at radius 1 is 0.781 bits per heavy atom.